The van der Waals surface area contributed by atoms with E-state index in [2.05, 4.69) is 12.1 Å². The minimum Gasteiger partial charge on any atom is -0.392 e. The second-order valence-electron chi connectivity index (χ2n) is 4.96. The first-order valence-corrected chi connectivity index (χ1v) is 8.23. The summed E-state index contributed by atoms with van der Waals surface area (Å²) in [6.45, 7) is 0. The third kappa shape index (κ3) is 2.84. The van der Waals surface area contributed by atoms with E-state index in [1.165, 1.54) is 10.5 Å². The molecule has 0 saturated carbocycles. The SMILES string of the molecule is OC(Cc1ccc(Cl)cc1Cl)C1CSc2ccccc21. The normalized spacial score (nSPS) is 18.9. The summed E-state index contributed by atoms with van der Waals surface area (Å²) in [5, 5.41) is 11.8. The molecule has 1 heterocycles. The summed E-state index contributed by atoms with van der Waals surface area (Å²) in [5.41, 5.74) is 2.19. The first-order valence-electron chi connectivity index (χ1n) is 6.49. The van der Waals surface area contributed by atoms with Crippen LogP contribution in [0.25, 0.3) is 0 Å². The quantitative estimate of drug-likeness (QED) is 0.876. The average Bonchev–Trinajstić information content (AvgIpc) is 2.86. The van der Waals surface area contributed by atoms with Crippen molar-refractivity contribution in [3.05, 3.63) is 63.6 Å². The molecule has 2 atom stereocenters. The zero-order valence-corrected chi connectivity index (χ0v) is 13.1. The van der Waals surface area contributed by atoms with Crippen LogP contribution in [0.1, 0.15) is 17.0 Å². The van der Waals surface area contributed by atoms with Gasteiger partial charge in [0, 0.05) is 33.0 Å². The van der Waals surface area contributed by atoms with E-state index >= 15 is 0 Å². The Morgan fingerprint density at radius 1 is 1.20 bits per heavy atom. The predicted octanol–water partition coefficient (Wildman–Crippen LogP) is 4.79. The van der Waals surface area contributed by atoms with E-state index in [4.69, 9.17) is 23.2 Å². The lowest BCUT2D eigenvalue weighted by Crippen LogP contribution is -2.21. The van der Waals surface area contributed by atoms with Crippen LogP contribution in [0.4, 0.5) is 0 Å². The molecule has 3 rings (SSSR count). The Balaban J connectivity index is 1.79. The fraction of sp³-hybridized carbons (Fsp3) is 0.250. The van der Waals surface area contributed by atoms with E-state index in [1.807, 2.05) is 36.0 Å². The number of aliphatic hydroxyl groups is 1. The van der Waals surface area contributed by atoms with E-state index in [1.54, 1.807) is 6.07 Å². The Hall–Kier alpha value is -0.670. The Kier molecular flexibility index (Phi) is 4.27. The second-order valence-corrected chi connectivity index (χ2v) is 6.87. The van der Waals surface area contributed by atoms with Gasteiger partial charge in [-0.15, -0.1) is 11.8 Å². The Morgan fingerprint density at radius 2 is 2.00 bits per heavy atom. The highest BCUT2D eigenvalue weighted by Gasteiger charge is 2.29. The Bertz CT molecular complexity index is 630. The minimum atomic E-state index is -0.426. The Labute approximate surface area is 132 Å². The highest BCUT2D eigenvalue weighted by molar-refractivity contribution is 7.99. The molecule has 1 aliphatic heterocycles. The highest BCUT2D eigenvalue weighted by atomic mass is 35.5. The summed E-state index contributed by atoms with van der Waals surface area (Å²) < 4.78 is 0. The number of rotatable bonds is 3. The molecule has 1 aliphatic rings. The van der Waals surface area contributed by atoms with Crippen LogP contribution in [0.3, 0.4) is 0 Å². The molecule has 0 fully saturated rings. The van der Waals surface area contributed by atoms with Gasteiger partial charge in [-0.3, -0.25) is 0 Å². The van der Waals surface area contributed by atoms with Crippen molar-refractivity contribution < 1.29 is 5.11 Å². The smallest absolute Gasteiger partial charge is 0.0658 e. The lowest BCUT2D eigenvalue weighted by molar-refractivity contribution is 0.151. The van der Waals surface area contributed by atoms with Gasteiger partial charge >= 0.3 is 0 Å². The summed E-state index contributed by atoms with van der Waals surface area (Å²) in [5.74, 6) is 1.09. The number of fused-ring (bicyclic) bond motifs is 1. The minimum absolute atomic E-state index is 0.169. The zero-order valence-electron chi connectivity index (χ0n) is 10.7. The van der Waals surface area contributed by atoms with Gasteiger partial charge in [-0.1, -0.05) is 47.5 Å². The Morgan fingerprint density at radius 3 is 2.80 bits per heavy atom. The number of aliphatic hydroxyl groups excluding tert-OH is 1. The van der Waals surface area contributed by atoms with Crippen molar-refractivity contribution in [3.8, 4) is 0 Å². The first kappa shape index (κ1) is 14.3. The van der Waals surface area contributed by atoms with Crippen LogP contribution in [-0.2, 0) is 6.42 Å². The zero-order chi connectivity index (χ0) is 14.1. The van der Waals surface area contributed by atoms with E-state index in [0.717, 1.165) is 11.3 Å². The number of thioether (sulfide) groups is 1. The molecule has 1 N–H and O–H groups in total. The fourth-order valence-corrected chi connectivity index (χ4v) is 4.37. The summed E-state index contributed by atoms with van der Waals surface area (Å²) in [6.07, 6.45) is 0.125. The maximum atomic E-state index is 10.5. The topological polar surface area (TPSA) is 20.2 Å². The van der Waals surface area contributed by atoms with Crippen LogP contribution in [0.15, 0.2) is 47.4 Å². The summed E-state index contributed by atoms with van der Waals surface area (Å²) in [7, 11) is 0. The molecule has 2 unspecified atom stereocenters. The molecule has 0 bridgehead atoms. The van der Waals surface area contributed by atoms with Crippen molar-refractivity contribution in [1.29, 1.82) is 0 Å². The summed E-state index contributed by atoms with van der Waals surface area (Å²) >= 11 is 13.9. The van der Waals surface area contributed by atoms with Gasteiger partial charge in [0.05, 0.1) is 6.10 Å². The molecule has 0 aliphatic carbocycles. The molecular formula is C16H14Cl2OS. The maximum Gasteiger partial charge on any atom is 0.0658 e. The fourth-order valence-electron chi connectivity index (χ4n) is 2.56. The molecule has 0 aromatic heterocycles. The van der Waals surface area contributed by atoms with Crippen molar-refractivity contribution in [2.24, 2.45) is 0 Å². The van der Waals surface area contributed by atoms with Gasteiger partial charge in [0.1, 0.15) is 0 Å². The molecule has 2 aromatic rings. The molecule has 0 saturated heterocycles. The van der Waals surface area contributed by atoms with Gasteiger partial charge in [0.25, 0.3) is 0 Å². The number of hydrogen-bond acceptors (Lipinski definition) is 2. The largest absolute Gasteiger partial charge is 0.392 e. The molecule has 2 aromatic carbocycles. The van der Waals surface area contributed by atoms with Crippen LogP contribution in [0.5, 0.6) is 0 Å². The van der Waals surface area contributed by atoms with Crippen LogP contribution in [0.2, 0.25) is 10.0 Å². The maximum absolute atomic E-state index is 10.5. The van der Waals surface area contributed by atoms with Crippen molar-refractivity contribution in [1.82, 2.24) is 0 Å². The van der Waals surface area contributed by atoms with Gasteiger partial charge in [-0.2, -0.15) is 0 Å². The summed E-state index contributed by atoms with van der Waals surface area (Å²) in [6, 6.07) is 13.7. The molecule has 20 heavy (non-hydrogen) atoms. The van der Waals surface area contributed by atoms with E-state index in [0.29, 0.717) is 16.5 Å². The number of hydrogen-bond donors (Lipinski definition) is 1. The highest BCUT2D eigenvalue weighted by Crippen LogP contribution is 2.41. The van der Waals surface area contributed by atoms with Gasteiger partial charge in [-0.25, -0.2) is 0 Å². The molecule has 104 valence electrons. The lowest BCUT2D eigenvalue weighted by Gasteiger charge is -2.19. The molecule has 0 amide bonds. The van der Waals surface area contributed by atoms with Crippen molar-refractivity contribution >= 4 is 35.0 Å². The average molecular weight is 325 g/mol. The van der Waals surface area contributed by atoms with E-state index in [9.17, 15) is 5.11 Å². The number of benzene rings is 2. The predicted molar refractivity (Wildman–Crippen MR) is 86.1 cm³/mol. The van der Waals surface area contributed by atoms with Gasteiger partial charge < -0.3 is 5.11 Å². The second kappa shape index (κ2) is 5.98. The van der Waals surface area contributed by atoms with Crippen molar-refractivity contribution in [2.75, 3.05) is 5.75 Å². The van der Waals surface area contributed by atoms with Crippen LogP contribution in [0, 0.1) is 0 Å². The van der Waals surface area contributed by atoms with Crippen molar-refractivity contribution in [2.45, 2.75) is 23.3 Å². The molecular weight excluding hydrogens is 311 g/mol. The monoisotopic (exact) mass is 324 g/mol. The molecule has 4 heteroatoms. The van der Waals surface area contributed by atoms with Crippen LogP contribution >= 0.6 is 35.0 Å². The molecule has 0 spiro atoms. The molecule has 1 nitrogen and oxygen atoms in total. The lowest BCUT2D eigenvalue weighted by atomic mass is 9.91. The first-order chi connectivity index (χ1) is 9.65. The van der Waals surface area contributed by atoms with Crippen LogP contribution < -0.4 is 0 Å². The van der Waals surface area contributed by atoms with E-state index < -0.39 is 6.10 Å². The van der Waals surface area contributed by atoms with Crippen LogP contribution in [-0.4, -0.2) is 17.0 Å². The molecule has 0 radical (unpaired) electrons. The third-order valence-electron chi connectivity index (χ3n) is 3.65. The van der Waals surface area contributed by atoms with Gasteiger partial charge in [0.15, 0.2) is 0 Å². The third-order valence-corrected chi connectivity index (χ3v) is 5.44. The number of halogens is 2. The standard InChI is InChI=1S/C16H14Cl2OS/c17-11-6-5-10(14(18)8-11)7-15(19)13-9-20-16-4-2-1-3-12(13)16/h1-6,8,13,15,19H,7,9H2. The van der Waals surface area contributed by atoms with E-state index in [-0.39, 0.29) is 5.92 Å². The van der Waals surface area contributed by atoms with Gasteiger partial charge in [0.2, 0.25) is 0 Å². The van der Waals surface area contributed by atoms with Gasteiger partial charge in [-0.05, 0) is 29.3 Å². The summed E-state index contributed by atoms with van der Waals surface area (Å²) in [4.78, 5) is 1.28. The van der Waals surface area contributed by atoms with Crippen molar-refractivity contribution in [3.63, 3.8) is 0 Å².